The van der Waals surface area contributed by atoms with E-state index >= 15 is 0 Å². The lowest BCUT2D eigenvalue weighted by Crippen LogP contribution is -2.17. The van der Waals surface area contributed by atoms with Crippen LogP contribution in [0.4, 0.5) is 5.69 Å². The highest BCUT2D eigenvalue weighted by Gasteiger charge is 2.17. The van der Waals surface area contributed by atoms with Crippen molar-refractivity contribution in [2.45, 2.75) is 25.7 Å². The first kappa shape index (κ1) is 17.1. The number of nitrogens with zero attached hydrogens (tertiary/aromatic N) is 1. The monoisotopic (exact) mass is 329 g/mol. The molecule has 24 heavy (non-hydrogen) atoms. The Kier molecular flexibility index (Phi) is 6.41. The van der Waals surface area contributed by atoms with Gasteiger partial charge in [-0.25, -0.2) is 0 Å². The van der Waals surface area contributed by atoms with Crippen molar-refractivity contribution in [1.82, 2.24) is 4.98 Å². The summed E-state index contributed by atoms with van der Waals surface area (Å²) in [6.45, 7) is 3.81. The highest BCUT2D eigenvalue weighted by atomic mass is 16.5. The van der Waals surface area contributed by atoms with Crippen molar-refractivity contribution in [3.63, 3.8) is 0 Å². The van der Waals surface area contributed by atoms with Gasteiger partial charge in [0.1, 0.15) is 0 Å². The summed E-state index contributed by atoms with van der Waals surface area (Å²) in [6.07, 6.45) is 4.69. The number of pyridine rings is 1. The lowest BCUT2D eigenvalue weighted by Gasteiger charge is -2.21. The van der Waals surface area contributed by atoms with E-state index in [2.05, 4.69) is 29.6 Å². The minimum absolute atomic E-state index is 0.557. The van der Waals surface area contributed by atoms with Crippen LogP contribution in [0.3, 0.4) is 0 Å². The molecular formula is C19H27N3O2. The Hall–Kier alpha value is -1.69. The largest absolute Gasteiger partial charge is 0.382 e. The molecule has 1 aliphatic carbocycles. The third-order valence-corrected chi connectivity index (χ3v) is 4.35. The van der Waals surface area contributed by atoms with E-state index in [4.69, 9.17) is 20.2 Å². The van der Waals surface area contributed by atoms with Crippen molar-refractivity contribution in [1.29, 1.82) is 0 Å². The summed E-state index contributed by atoms with van der Waals surface area (Å²) in [5.74, 6) is 0. The number of aromatic nitrogens is 1. The molecule has 0 atom stereocenters. The predicted octanol–water partition coefficient (Wildman–Crippen LogP) is 2.52. The lowest BCUT2D eigenvalue weighted by molar-refractivity contribution is 0.0548. The number of rotatable bonds is 9. The Morgan fingerprint density at radius 2 is 1.79 bits per heavy atom. The zero-order valence-corrected chi connectivity index (χ0v) is 14.2. The van der Waals surface area contributed by atoms with Crippen LogP contribution in [0.2, 0.25) is 0 Å². The van der Waals surface area contributed by atoms with Crippen LogP contribution < -0.4 is 11.1 Å². The van der Waals surface area contributed by atoms with E-state index in [1.807, 2.05) is 0 Å². The Labute approximate surface area is 143 Å². The second-order valence-electron chi connectivity index (χ2n) is 6.08. The molecule has 0 saturated heterocycles. The maximum absolute atomic E-state index is 5.61. The van der Waals surface area contributed by atoms with Crippen LogP contribution in [0, 0.1) is 0 Å². The third kappa shape index (κ3) is 4.23. The normalized spacial score (nSPS) is 13.9. The van der Waals surface area contributed by atoms with Crippen molar-refractivity contribution in [3.05, 3.63) is 35.5 Å². The molecule has 2 aromatic rings. The van der Waals surface area contributed by atoms with Crippen LogP contribution in [0.5, 0.6) is 0 Å². The van der Waals surface area contributed by atoms with Gasteiger partial charge in [0, 0.05) is 29.9 Å². The Morgan fingerprint density at radius 1 is 1.00 bits per heavy atom. The molecule has 0 fully saturated rings. The van der Waals surface area contributed by atoms with Crippen molar-refractivity contribution in [3.8, 4) is 0 Å². The summed E-state index contributed by atoms with van der Waals surface area (Å²) in [4.78, 5) is 4.86. The molecule has 0 amide bonds. The fourth-order valence-corrected chi connectivity index (χ4v) is 3.23. The Balaban J connectivity index is 1.61. The molecule has 130 valence electrons. The standard InChI is InChI=1S/C19H27N3O2/c20-9-11-23-13-14-24-12-10-21-19-15-5-1-3-7-17(15)22-18-8-4-2-6-16(18)19/h1,3,5,7H,2,4,6,8-14,20H2,(H,21,22). The average Bonchev–Trinajstić information content (AvgIpc) is 2.63. The van der Waals surface area contributed by atoms with Crippen LogP contribution in [-0.2, 0) is 22.3 Å². The SMILES string of the molecule is NCCOCCOCCNc1c2c(nc3ccccc13)CCCC2. The topological polar surface area (TPSA) is 69.4 Å². The van der Waals surface area contributed by atoms with Crippen LogP contribution in [-0.4, -0.2) is 44.5 Å². The lowest BCUT2D eigenvalue weighted by atomic mass is 9.92. The van der Waals surface area contributed by atoms with Gasteiger partial charge in [-0.2, -0.15) is 0 Å². The molecule has 0 bridgehead atoms. The van der Waals surface area contributed by atoms with E-state index < -0.39 is 0 Å². The van der Waals surface area contributed by atoms with Gasteiger partial charge in [0.05, 0.1) is 31.9 Å². The molecular weight excluding hydrogens is 302 g/mol. The number of fused-ring (bicyclic) bond motifs is 2. The third-order valence-electron chi connectivity index (χ3n) is 4.35. The second-order valence-corrected chi connectivity index (χ2v) is 6.08. The molecule has 0 spiro atoms. The van der Waals surface area contributed by atoms with Crippen LogP contribution in [0.1, 0.15) is 24.1 Å². The number of aryl methyl sites for hydroxylation is 1. The number of para-hydroxylation sites is 1. The van der Waals surface area contributed by atoms with Crippen molar-refractivity contribution in [2.75, 3.05) is 44.8 Å². The number of anilines is 1. The van der Waals surface area contributed by atoms with E-state index in [0.29, 0.717) is 33.0 Å². The summed E-state index contributed by atoms with van der Waals surface area (Å²) < 4.78 is 10.9. The number of hydrogen-bond donors (Lipinski definition) is 2. The summed E-state index contributed by atoms with van der Waals surface area (Å²) in [5, 5.41) is 4.80. The fraction of sp³-hybridized carbons (Fsp3) is 0.526. The first-order valence-electron chi connectivity index (χ1n) is 8.90. The number of ether oxygens (including phenoxy) is 2. The Morgan fingerprint density at radius 3 is 2.67 bits per heavy atom. The molecule has 1 aliphatic rings. The van der Waals surface area contributed by atoms with E-state index in [0.717, 1.165) is 24.9 Å². The Bertz CT molecular complexity index is 660. The van der Waals surface area contributed by atoms with Gasteiger partial charge in [0.25, 0.3) is 0 Å². The first-order chi connectivity index (χ1) is 11.9. The molecule has 3 rings (SSSR count). The van der Waals surface area contributed by atoms with Crippen LogP contribution in [0.15, 0.2) is 24.3 Å². The average molecular weight is 329 g/mol. The maximum Gasteiger partial charge on any atom is 0.0726 e. The van der Waals surface area contributed by atoms with Gasteiger partial charge in [-0.1, -0.05) is 18.2 Å². The highest BCUT2D eigenvalue weighted by molar-refractivity contribution is 5.93. The predicted molar refractivity (Wildman–Crippen MR) is 97.6 cm³/mol. The van der Waals surface area contributed by atoms with Crippen LogP contribution in [0.25, 0.3) is 10.9 Å². The maximum atomic E-state index is 5.61. The number of nitrogens with one attached hydrogen (secondary N) is 1. The van der Waals surface area contributed by atoms with Crippen molar-refractivity contribution < 1.29 is 9.47 Å². The molecule has 1 heterocycles. The van der Waals surface area contributed by atoms with Gasteiger partial charge in [-0.3, -0.25) is 4.98 Å². The van der Waals surface area contributed by atoms with Gasteiger partial charge in [0.15, 0.2) is 0 Å². The summed E-state index contributed by atoms with van der Waals surface area (Å²) in [5.41, 5.74) is 10.4. The minimum Gasteiger partial charge on any atom is -0.382 e. The van der Waals surface area contributed by atoms with E-state index in [-0.39, 0.29) is 0 Å². The molecule has 0 radical (unpaired) electrons. The minimum atomic E-state index is 0.557. The van der Waals surface area contributed by atoms with Gasteiger partial charge >= 0.3 is 0 Å². The van der Waals surface area contributed by atoms with Gasteiger partial charge in [-0.05, 0) is 37.3 Å². The number of nitrogens with two attached hydrogens (primary N) is 1. The van der Waals surface area contributed by atoms with E-state index in [1.165, 1.54) is 35.2 Å². The fourth-order valence-electron chi connectivity index (χ4n) is 3.23. The molecule has 5 heteroatoms. The summed E-state index contributed by atoms with van der Waals surface area (Å²) >= 11 is 0. The van der Waals surface area contributed by atoms with Crippen LogP contribution >= 0.6 is 0 Å². The van der Waals surface area contributed by atoms with Gasteiger partial charge in [-0.15, -0.1) is 0 Å². The molecule has 3 N–H and O–H groups in total. The zero-order valence-electron chi connectivity index (χ0n) is 14.2. The van der Waals surface area contributed by atoms with E-state index in [1.54, 1.807) is 0 Å². The molecule has 0 unspecified atom stereocenters. The zero-order chi connectivity index (χ0) is 16.6. The molecule has 5 nitrogen and oxygen atoms in total. The van der Waals surface area contributed by atoms with E-state index in [9.17, 15) is 0 Å². The number of benzene rings is 1. The van der Waals surface area contributed by atoms with Crippen molar-refractivity contribution in [2.24, 2.45) is 5.73 Å². The quantitative estimate of drug-likeness (QED) is 0.692. The molecule has 0 aliphatic heterocycles. The van der Waals surface area contributed by atoms with Gasteiger partial charge in [0.2, 0.25) is 0 Å². The van der Waals surface area contributed by atoms with Crippen molar-refractivity contribution >= 4 is 16.6 Å². The smallest absolute Gasteiger partial charge is 0.0726 e. The molecule has 1 aromatic heterocycles. The first-order valence-corrected chi connectivity index (χ1v) is 8.90. The van der Waals surface area contributed by atoms with Gasteiger partial charge < -0.3 is 20.5 Å². The number of hydrogen-bond acceptors (Lipinski definition) is 5. The summed E-state index contributed by atoms with van der Waals surface area (Å²) in [6, 6.07) is 8.39. The second kappa shape index (κ2) is 8.97. The summed E-state index contributed by atoms with van der Waals surface area (Å²) in [7, 11) is 0. The molecule has 1 aromatic carbocycles. The highest BCUT2D eigenvalue weighted by Crippen LogP contribution is 2.32. The molecule has 0 saturated carbocycles.